The van der Waals surface area contributed by atoms with Crippen molar-refractivity contribution in [3.8, 4) is 0 Å². The molecule has 2 atom stereocenters. The molecule has 1 aromatic heterocycles. The highest BCUT2D eigenvalue weighted by atomic mass is 16.1. The summed E-state index contributed by atoms with van der Waals surface area (Å²) in [5, 5.41) is 10.3. The summed E-state index contributed by atoms with van der Waals surface area (Å²) in [6, 6.07) is 1.92. The van der Waals surface area contributed by atoms with Gasteiger partial charge in [-0.05, 0) is 24.9 Å². The van der Waals surface area contributed by atoms with Crippen LogP contribution in [0.2, 0.25) is 0 Å². The van der Waals surface area contributed by atoms with E-state index < -0.39 is 0 Å². The molecule has 0 aromatic carbocycles. The summed E-state index contributed by atoms with van der Waals surface area (Å²) in [5.74, 6) is 0.827. The van der Waals surface area contributed by atoms with Crippen LogP contribution in [0, 0.1) is 11.8 Å². The van der Waals surface area contributed by atoms with Crippen molar-refractivity contribution in [3.05, 3.63) is 18.0 Å². The van der Waals surface area contributed by atoms with Crippen LogP contribution in [0.4, 0.5) is 0 Å². The molecule has 5 heteroatoms. The van der Waals surface area contributed by atoms with Crippen molar-refractivity contribution >= 4 is 5.91 Å². The Balaban J connectivity index is 1.83. The maximum Gasteiger partial charge on any atom is 0.224 e. The molecule has 0 spiro atoms. The van der Waals surface area contributed by atoms with E-state index in [1.54, 1.807) is 10.9 Å². The van der Waals surface area contributed by atoms with Gasteiger partial charge in [-0.15, -0.1) is 0 Å². The molecule has 5 nitrogen and oxygen atoms in total. The van der Waals surface area contributed by atoms with Crippen molar-refractivity contribution in [1.82, 2.24) is 20.4 Å². The summed E-state index contributed by atoms with van der Waals surface area (Å²) < 4.78 is 1.78. The SMILES string of the molecule is CC1CNCC(C(=O)NCc2ccnn2C)C1. The minimum atomic E-state index is 0.104. The number of nitrogens with one attached hydrogen (secondary N) is 2. The molecule has 0 saturated carbocycles. The quantitative estimate of drug-likeness (QED) is 0.792. The molecule has 1 amide bonds. The third-order valence-electron chi connectivity index (χ3n) is 3.31. The Kier molecular flexibility index (Phi) is 3.78. The Morgan fingerprint density at radius 1 is 1.65 bits per heavy atom. The highest BCUT2D eigenvalue weighted by Gasteiger charge is 2.24. The van der Waals surface area contributed by atoms with Crippen molar-refractivity contribution in [1.29, 1.82) is 0 Å². The molecule has 0 aliphatic carbocycles. The van der Waals surface area contributed by atoms with Crippen molar-refractivity contribution in [2.45, 2.75) is 19.9 Å². The van der Waals surface area contributed by atoms with Gasteiger partial charge in [0.05, 0.1) is 18.2 Å². The van der Waals surface area contributed by atoms with Gasteiger partial charge in [0.2, 0.25) is 5.91 Å². The van der Waals surface area contributed by atoms with Crippen LogP contribution in [-0.4, -0.2) is 28.8 Å². The first-order chi connectivity index (χ1) is 8.16. The number of hydrogen-bond donors (Lipinski definition) is 2. The van der Waals surface area contributed by atoms with E-state index in [9.17, 15) is 4.79 Å². The van der Waals surface area contributed by atoms with E-state index in [0.29, 0.717) is 12.5 Å². The molecule has 0 bridgehead atoms. The van der Waals surface area contributed by atoms with Gasteiger partial charge in [-0.3, -0.25) is 9.48 Å². The summed E-state index contributed by atoms with van der Waals surface area (Å²) in [4.78, 5) is 12.0. The second-order valence-electron chi connectivity index (χ2n) is 4.86. The van der Waals surface area contributed by atoms with Crippen molar-refractivity contribution < 1.29 is 4.79 Å². The number of hydrogen-bond acceptors (Lipinski definition) is 3. The van der Waals surface area contributed by atoms with E-state index in [-0.39, 0.29) is 11.8 Å². The smallest absolute Gasteiger partial charge is 0.224 e. The molecule has 0 radical (unpaired) electrons. The Hall–Kier alpha value is -1.36. The fourth-order valence-electron chi connectivity index (χ4n) is 2.25. The predicted octanol–water partition coefficient (Wildman–Crippen LogP) is 0.282. The van der Waals surface area contributed by atoms with Crippen molar-refractivity contribution in [2.24, 2.45) is 18.9 Å². The van der Waals surface area contributed by atoms with E-state index in [4.69, 9.17) is 0 Å². The molecule has 2 N–H and O–H groups in total. The van der Waals surface area contributed by atoms with Crippen LogP contribution in [0.25, 0.3) is 0 Å². The molecule has 1 aromatic rings. The molecule has 2 unspecified atom stereocenters. The van der Waals surface area contributed by atoms with E-state index in [0.717, 1.165) is 25.2 Å². The van der Waals surface area contributed by atoms with Gasteiger partial charge in [-0.25, -0.2) is 0 Å². The van der Waals surface area contributed by atoms with E-state index >= 15 is 0 Å². The highest BCUT2D eigenvalue weighted by Crippen LogP contribution is 2.15. The third-order valence-corrected chi connectivity index (χ3v) is 3.31. The van der Waals surface area contributed by atoms with Crippen molar-refractivity contribution in [3.63, 3.8) is 0 Å². The maximum atomic E-state index is 12.0. The summed E-state index contributed by atoms with van der Waals surface area (Å²) >= 11 is 0. The largest absolute Gasteiger partial charge is 0.350 e. The molecule has 2 rings (SSSR count). The van der Waals surface area contributed by atoms with Crippen LogP contribution < -0.4 is 10.6 Å². The Morgan fingerprint density at radius 2 is 2.47 bits per heavy atom. The normalized spacial score (nSPS) is 24.6. The highest BCUT2D eigenvalue weighted by molar-refractivity contribution is 5.78. The summed E-state index contributed by atoms with van der Waals surface area (Å²) in [5.41, 5.74) is 1.02. The fraction of sp³-hybridized carbons (Fsp3) is 0.667. The maximum absolute atomic E-state index is 12.0. The van der Waals surface area contributed by atoms with E-state index in [1.165, 1.54) is 0 Å². The Morgan fingerprint density at radius 3 is 3.12 bits per heavy atom. The van der Waals surface area contributed by atoms with Crippen molar-refractivity contribution in [2.75, 3.05) is 13.1 Å². The van der Waals surface area contributed by atoms with Crippen LogP contribution in [0.15, 0.2) is 12.3 Å². The second kappa shape index (κ2) is 5.31. The van der Waals surface area contributed by atoms with Crippen LogP contribution in [0.3, 0.4) is 0 Å². The zero-order chi connectivity index (χ0) is 12.3. The van der Waals surface area contributed by atoms with Gasteiger partial charge in [0.1, 0.15) is 0 Å². The fourth-order valence-corrected chi connectivity index (χ4v) is 2.25. The number of aromatic nitrogens is 2. The van der Waals surface area contributed by atoms with Gasteiger partial charge in [0.25, 0.3) is 0 Å². The molecule has 2 heterocycles. The lowest BCUT2D eigenvalue weighted by molar-refractivity contribution is -0.126. The Bertz CT molecular complexity index is 388. The molecule has 1 aliphatic rings. The van der Waals surface area contributed by atoms with Crippen LogP contribution in [-0.2, 0) is 18.4 Å². The van der Waals surface area contributed by atoms with Crippen LogP contribution in [0.5, 0.6) is 0 Å². The summed E-state index contributed by atoms with van der Waals surface area (Å²) in [6.45, 7) is 4.54. The van der Waals surface area contributed by atoms with Gasteiger partial charge < -0.3 is 10.6 Å². The Labute approximate surface area is 102 Å². The predicted molar refractivity (Wildman–Crippen MR) is 65.2 cm³/mol. The molecule has 1 fully saturated rings. The minimum absolute atomic E-state index is 0.104. The molecule has 1 aliphatic heterocycles. The first-order valence-corrected chi connectivity index (χ1v) is 6.12. The average molecular weight is 236 g/mol. The first kappa shape index (κ1) is 12.1. The van der Waals surface area contributed by atoms with Gasteiger partial charge >= 0.3 is 0 Å². The number of carbonyl (C=O) groups excluding carboxylic acids is 1. The standard InChI is InChI=1S/C12H20N4O/c1-9-5-10(7-13-6-9)12(17)14-8-11-3-4-15-16(11)2/h3-4,9-10,13H,5-8H2,1-2H3,(H,14,17). The summed E-state index contributed by atoms with van der Waals surface area (Å²) in [7, 11) is 1.88. The lowest BCUT2D eigenvalue weighted by atomic mass is 9.91. The lowest BCUT2D eigenvalue weighted by Crippen LogP contribution is -2.43. The summed E-state index contributed by atoms with van der Waals surface area (Å²) in [6.07, 6.45) is 2.72. The number of aryl methyl sites for hydroxylation is 1. The zero-order valence-corrected chi connectivity index (χ0v) is 10.4. The first-order valence-electron chi connectivity index (χ1n) is 6.12. The lowest BCUT2D eigenvalue weighted by Gasteiger charge is -2.26. The van der Waals surface area contributed by atoms with Crippen LogP contribution >= 0.6 is 0 Å². The van der Waals surface area contributed by atoms with Gasteiger partial charge in [-0.1, -0.05) is 6.92 Å². The van der Waals surface area contributed by atoms with Crippen LogP contribution in [0.1, 0.15) is 19.0 Å². The minimum Gasteiger partial charge on any atom is -0.350 e. The molecule has 94 valence electrons. The number of piperidine rings is 1. The second-order valence-corrected chi connectivity index (χ2v) is 4.86. The number of nitrogens with zero attached hydrogens (tertiary/aromatic N) is 2. The van der Waals surface area contributed by atoms with E-state index in [2.05, 4.69) is 22.7 Å². The van der Waals surface area contributed by atoms with E-state index in [1.807, 2.05) is 13.1 Å². The number of rotatable bonds is 3. The van der Waals surface area contributed by atoms with Gasteiger partial charge in [0, 0.05) is 19.8 Å². The third kappa shape index (κ3) is 3.06. The molecule has 1 saturated heterocycles. The molecular weight excluding hydrogens is 216 g/mol. The monoisotopic (exact) mass is 236 g/mol. The van der Waals surface area contributed by atoms with Gasteiger partial charge in [0.15, 0.2) is 0 Å². The van der Waals surface area contributed by atoms with Gasteiger partial charge in [-0.2, -0.15) is 5.10 Å². The molecule has 17 heavy (non-hydrogen) atoms. The topological polar surface area (TPSA) is 59.0 Å². The molecular formula is C12H20N4O. The average Bonchev–Trinajstić information content (AvgIpc) is 2.72. The number of amides is 1. The number of carbonyl (C=O) groups is 1. The zero-order valence-electron chi connectivity index (χ0n) is 10.4.